The van der Waals surface area contributed by atoms with Gasteiger partial charge < -0.3 is 4.74 Å². The second-order valence-electron chi connectivity index (χ2n) is 7.80. The van der Waals surface area contributed by atoms with E-state index in [2.05, 4.69) is 20.8 Å². The highest BCUT2D eigenvalue weighted by Crippen LogP contribution is 2.31. The van der Waals surface area contributed by atoms with Crippen LogP contribution >= 0.6 is 11.3 Å². The number of nitrogens with one attached hydrogen (secondary N) is 2. The van der Waals surface area contributed by atoms with E-state index in [4.69, 9.17) is 14.1 Å². The van der Waals surface area contributed by atoms with Crippen molar-refractivity contribution in [2.24, 2.45) is 5.92 Å². The Hall–Kier alpha value is -3.72. The molecule has 37 heavy (non-hydrogen) atoms. The van der Waals surface area contributed by atoms with E-state index in [0.717, 1.165) is 11.3 Å². The Morgan fingerprint density at radius 2 is 1.86 bits per heavy atom. The molecular weight excluding hydrogens is 524 g/mol. The molecule has 0 saturated heterocycles. The lowest BCUT2D eigenvalue weighted by Crippen LogP contribution is -2.40. The number of carbonyl (C=O) groups excluding carboxylic acids is 3. The molecule has 3 N–H and O–H groups in total. The van der Waals surface area contributed by atoms with Crippen molar-refractivity contribution in [1.82, 2.24) is 20.8 Å². The maximum atomic E-state index is 11.8. The molecule has 1 aromatic carbocycles. The van der Waals surface area contributed by atoms with E-state index in [1.54, 1.807) is 42.6 Å². The molecule has 3 aromatic rings. The van der Waals surface area contributed by atoms with Crippen molar-refractivity contribution in [1.29, 1.82) is 0 Å². The summed E-state index contributed by atoms with van der Waals surface area (Å²) in [5.41, 5.74) is 4.23. The van der Waals surface area contributed by atoms with Crippen molar-refractivity contribution < 1.29 is 36.9 Å². The van der Waals surface area contributed by atoms with Crippen LogP contribution in [0.15, 0.2) is 46.1 Å². The molecule has 0 spiro atoms. The average Bonchev–Trinajstić information content (AvgIpc) is 3.35. The van der Waals surface area contributed by atoms with E-state index in [1.807, 2.05) is 13.8 Å². The minimum Gasteiger partial charge on any atom is -0.479 e. The third-order valence-corrected chi connectivity index (χ3v) is 6.61. The van der Waals surface area contributed by atoms with Gasteiger partial charge in [0.15, 0.2) is 9.90 Å². The van der Waals surface area contributed by atoms with E-state index < -0.39 is 22.1 Å². The van der Waals surface area contributed by atoms with Gasteiger partial charge in [-0.3, -0.25) is 24.3 Å². The lowest BCUT2D eigenvalue weighted by atomic mass is 10.1. The van der Waals surface area contributed by atoms with Gasteiger partial charge in [0, 0.05) is 17.3 Å². The van der Waals surface area contributed by atoms with Gasteiger partial charge in [0.2, 0.25) is 5.88 Å². The molecule has 0 unspecified atom stereocenters. The van der Waals surface area contributed by atoms with Gasteiger partial charge in [-0.1, -0.05) is 38.1 Å². The molecule has 14 heteroatoms. The third kappa shape index (κ3) is 9.02. The summed E-state index contributed by atoms with van der Waals surface area (Å²) in [4.78, 5) is 46.5. The van der Waals surface area contributed by atoms with Crippen molar-refractivity contribution in [3.63, 3.8) is 0 Å². The second kappa shape index (κ2) is 13.5. The number of urea groups is 1. The smallest absolute Gasteiger partial charge is 0.345 e. The molecule has 0 radical (unpaired) electrons. The lowest BCUT2D eigenvalue weighted by molar-refractivity contribution is 0.0434. The Morgan fingerprint density at radius 3 is 2.43 bits per heavy atom. The first-order chi connectivity index (χ1) is 17.5. The molecule has 0 saturated carbocycles. The second-order valence-corrected chi connectivity index (χ2v) is 10.3. The zero-order valence-electron chi connectivity index (χ0n) is 20.4. The molecular formula is C23H26N4O8S2. The number of hydrogen-bond acceptors (Lipinski definition) is 10. The maximum absolute atomic E-state index is 11.8. The van der Waals surface area contributed by atoms with Gasteiger partial charge >= 0.3 is 16.1 Å². The number of hydroxylamine groups is 1. The normalized spacial score (nSPS) is 10.8. The van der Waals surface area contributed by atoms with Crippen LogP contribution in [0.25, 0.3) is 11.1 Å². The zero-order valence-corrected chi connectivity index (χ0v) is 22.1. The summed E-state index contributed by atoms with van der Waals surface area (Å²) in [6.07, 6.45) is 2.12. The van der Waals surface area contributed by atoms with Crippen LogP contribution in [0.5, 0.6) is 5.88 Å². The molecule has 2 heterocycles. The predicted octanol–water partition coefficient (Wildman–Crippen LogP) is 3.29. The zero-order chi connectivity index (χ0) is 27.6. The summed E-state index contributed by atoms with van der Waals surface area (Å²) in [5, 5.41) is 3.66. The number of hydrogen-bond donors (Lipinski definition) is 3. The van der Waals surface area contributed by atoms with Gasteiger partial charge in [-0.05, 0) is 29.9 Å². The summed E-state index contributed by atoms with van der Waals surface area (Å²) in [6, 6.07) is 7.30. The Morgan fingerprint density at radius 1 is 1.19 bits per heavy atom. The van der Waals surface area contributed by atoms with Crippen LogP contribution < -0.4 is 15.5 Å². The number of thiophene rings is 1. The number of rotatable bonds is 8. The van der Waals surface area contributed by atoms with E-state index in [-0.39, 0.29) is 21.7 Å². The van der Waals surface area contributed by atoms with Crippen molar-refractivity contribution in [2.45, 2.75) is 25.0 Å². The van der Waals surface area contributed by atoms with Crippen LogP contribution in [-0.4, -0.2) is 54.9 Å². The molecule has 0 aliphatic heterocycles. The molecule has 3 rings (SSSR count). The minimum atomic E-state index is -4.20. The van der Waals surface area contributed by atoms with E-state index in [9.17, 15) is 22.8 Å². The quantitative estimate of drug-likeness (QED) is 0.214. The summed E-state index contributed by atoms with van der Waals surface area (Å²) >= 11 is 0.954. The fraction of sp³-hybridized carbons (Fsp3) is 0.261. The summed E-state index contributed by atoms with van der Waals surface area (Å²) in [7, 11) is -2.84. The Bertz CT molecular complexity index is 1340. The first kappa shape index (κ1) is 29.5. The van der Waals surface area contributed by atoms with Gasteiger partial charge in [-0.25, -0.2) is 20.2 Å². The number of aldehydes is 1. The third-order valence-electron chi connectivity index (χ3n) is 4.30. The molecule has 0 aliphatic rings. The van der Waals surface area contributed by atoms with Crippen LogP contribution in [0, 0.1) is 12.8 Å². The highest BCUT2D eigenvalue weighted by atomic mass is 32.3. The van der Waals surface area contributed by atoms with E-state index >= 15 is 0 Å². The van der Waals surface area contributed by atoms with Crippen molar-refractivity contribution >= 4 is 39.7 Å². The van der Waals surface area contributed by atoms with Crippen LogP contribution in [-0.2, 0) is 15.0 Å². The topological polar surface area (TPSA) is 174 Å². The number of aryl methyl sites for hydroxylation is 1. The first-order valence-corrected chi connectivity index (χ1v) is 13.0. The molecule has 3 amide bonds. The summed E-state index contributed by atoms with van der Waals surface area (Å²) in [5.74, 6) is -0.410. The number of carbonyl (C=O) groups is 3. The number of nitrogens with zero attached hydrogens (tertiary/aromatic N) is 2. The van der Waals surface area contributed by atoms with Gasteiger partial charge in [-0.15, -0.1) is 11.3 Å². The number of methoxy groups -OCH3 is 1. The first-order valence-electron chi connectivity index (χ1n) is 10.7. The van der Waals surface area contributed by atoms with E-state index in [0.29, 0.717) is 35.3 Å². The SMILES string of the molecule is COc1nc(C)cnc1C(=O)NC(=O)NOCC(C)C.O=Cc1ccc(-c2ccsc2S(=O)(=O)O)cc1. The predicted molar refractivity (Wildman–Crippen MR) is 135 cm³/mol. The van der Waals surface area contributed by atoms with Gasteiger partial charge in [0.05, 0.1) is 19.4 Å². The number of benzene rings is 1. The van der Waals surface area contributed by atoms with Crippen LogP contribution in [0.1, 0.15) is 40.4 Å². The number of imide groups is 1. The Labute approximate surface area is 217 Å². The van der Waals surface area contributed by atoms with Crippen molar-refractivity contribution in [3.05, 3.63) is 58.9 Å². The molecule has 198 valence electrons. The highest BCUT2D eigenvalue weighted by Gasteiger charge is 2.19. The standard InChI is InChI=1S/C12H18N4O4.C11H8O4S2/c1-7(2)6-20-16-12(18)15-10(17)9-11(19-4)14-8(3)5-13-9;12-7-8-1-3-9(4-2-8)10-5-6-16-11(10)17(13,14)15/h5,7H,6H2,1-4H3,(H2,15,16,17,18);1-7H,(H,13,14,15). The number of ether oxygens (including phenoxy) is 1. The summed E-state index contributed by atoms with van der Waals surface area (Å²) < 4.78 is 36.1. The highest BCUT2D eigenvalue weighted by molar-refractivity contribution is 7.88. The molecule has 0 fully saturated rings. The maximum Gasteiger partial charge on any atom is 0.345 e. The Kier molecular flexibility index (Phi) is 10.8. The molecule has 0 atom stereocenters. The van der Waals surface area contributed by atoms with E-state index in [1.165, 1.54) is 13.3 Å². The molecule has 0 aliphatic carbocycles. The van der Waals surface area contributed by atoms with Crippen molar-refractivity contribution in [3.8, 4) is 17.0 Å². The fourth-order valence-electron chi connectivity index (χ4n) is 2.67. The molecule has 12 nitrogen and oxygen atoms in total. The van der Waals surface area contributed by atoms with Crippen LogP contribution in [0.2, 0.25) is 0 Å². The van der Waals surface area contributed by atoms with Gasteiger partial charge in [0.25, 0.3) is 5.91 Å². The van der Waals surface area contributed by atoms with Crippen molar-refractivity contribution in [2.75, 3.05) is 13.7 Å². The lowest BCUT2D eigenvalue weighted by Gasteiger charge is -2.09. The fourth-order valence-corrected chi connectivity index (χ4v) is 4.42. The minimum absolute atomic E-state index is 0.0541. The van der Waals surface area contributed by atoms with Gasteiger partial charge in [0.1, 0.15) is 6.29 Å². The van der Waals surface area contributed by atoms with Crippen LogP contribution in [0.3, 0.4) is 0 Å². The number of aromatic nitrogens is 2. The average molecular weight is 551 g/mol. The Balaban J connectivity index is 0.000000263. The molecule has 0 bridgehead atoms. The number of amides is 3. The largest absolute Gasteiger partial charge is 0.479 e. The van der Waals surface area contributed by atoms with Crippen LogP contribution in [0.4, 0.5) is 4.79 Å². The monoisotopic (exact) mass is 550 g/mol. The summed E-state index contributed by atoms with van der Waals surface area (Å²) in [6.45, 7) is 5.91. The van der Waals surface area contributed by atoms with Gasteiger partial charge in [-0.2, -0.15) is 8.42 Å². The molecule has 2 aromatic heterocycles.